The fraction of sp³-hybridized carbons (Fsp3) is 0.0952. The average Bonchev–Trinajstić information content (AvgIpc) is 2.63. The highest BCUT2D eigenvalue weighted by Crippen LogP contribution is 2.31. The van der Waals surface area contributed by atoms with E-state index >= 15 is 0 Å². The van der Waals surface area contributed by atoms with E-state index in [9.17, 15) is 0 Å². The highest BCUT2D eigenvalue weighted by molar-refractivity contribution is 7.80. The first kappa shape index (κ1) is 16.2. The minimum absolute atomic E-state index is 0.444. The van der Waals surface area contributed by atoms with Gasteiger partial charge >= 0.3 is 0 Å². The minimum atomic E-state index is 0.444. The Balaban J connectivity index is 2.07. The molecular formula is C21H19NOS. The highest BCUT2D eigenvalue weighted by Gasteiger charge is 2.09. The Morgan fingerprint density at radius 1 is 0.708 bits per heavy atom. The van der Waals surface area contributed by atoms with Crippen LogP contribution in [0.3, 0.4) is 0 Å². The van der Waals surface area contributed by atoms with Gasteiger partial charge in [0, 0.05) is 14.1 Å². The van der Waals surface area contributed by atoms with Crippen LogP contribution in [0.5, 0.6) is 5.75 Å². The van der Waals surface area contributed by atoms with Gasteiger partial charge in [0.25, 0.3) is 5.17 Å². The van der Waals surface area contributed by atoms with Crippen molar-refractivity contribution in [2.24, 2.45) is 0 Å². The number of rotatable bonds is 3. The molecule has 0 fully saturated rings. The van der Waals surface area contributed by atoms with Gasteiger partial charge in [0.05, 0.1) is 0 Å². The van der Waals surface area contributed by atoms with E-state index in [4.69, 9.17) is 17.0 Å². The highest BCUT2D eigenvalue weighted by atomic mass is 32.1. The maximum absolute atomic E-state index is 5.86. The van der Waals surface area contributed by atoms with E-state index in [-0.39, 0.29) is 0 Å². The van der Waals surface area contributed by atoms with Gasteiger partial charge in [0.1, 0.15) is 5.75 Å². The number of benzene rings is 3. The van der Waals surface area contributed by atoms with Crippen LogP contribution in [0.15, 0.2) is 78.9 Å². The molecule has 0 saturated carbocycles. The molecule has 0 radical (unpaired) electrons. The molecule has 0 aromatic heterocycles. The van der Waals surface area contributed by atoms with Gasteiger partial charge in [0.2, 0.25) is 0 Å². The lowest BCUT2D eigenvalue weighted by Gasteiger charge is -2.16. The Bertz CT molecular complexity index is 771. The summed E-state index contributed by atoms with van der Waals surface area (Å²) >= 11 is 5.28. The summed E-state index contributed by atoms with van der Waals surface area (Å²) in [4.78, 5) is 1.78. The lowest BCUT2D eigenvalue weighted by Crippen LogP contribution is -2.25. The number of nitrogens with zero attached hydrogens (tertiary/aromatic N) is 1. The monoisotopic (exact) mass is 333 g/mol. The molecule has 0 amide bonds. The second-order valence-electron chi connectivity index (χ2n) is 5.74. The fourth-order valence-electron chi connectivity index (χ4n) is 2.44. The Hall–Kier alpha value is -2.65. The Morgan fingerprint density at radius 2 is 1.17 bits per heavy atom. The summed E-state index contributed by atoms with van der Waals surface area (Å²) in [5.74, 6) is 0.744. The minimum Gasteiger partial charge on any atom is -0.432 e. The van der Waals surface area contributed by atoms with Crippen LogP contribution in [0.2, 0.25) is 0 Å². The van der Waals surface area contributed by atoms with Crippen molar-refractivity contribution in [1.82, 2.24) is 4.90 Å². The zero-order chi connectivity index (χ0) is 16.9. The third-order valence-electron chi connectivity index (χ3n) is 3.69. The predicted molar refractivity (Wildman–Crippen MR) is 104 cm³/mol. The van der Waals surface area contributed by atoms with E-state index in [1.54, 1.807) is 4.90 Å². The molecule has 0 aliphatic rings. The molecular weight excluding hydrogens is 314 g/mol. The fourth-order valence-corrected chi connectivity index (χ4v) is 2.54. The van der Waals surface area contributed by atoms with E-state index in [1.807, 2.05) is 62.6 Å². The number of hydrogen-bond donors (Lipinski definition) is 0. The van der Waals surface area contributed by atoms with Crippen molar-refractivity contribution in [2.45, 2.75) is 0 Å². The summed E-state index contributed by atoms with van der Waals surface area (Å²) in [6.45, 7) is 0. The first-order chi connectivity index (χ1) is 11.6. The van der Waals surface area contributed by atoms with Gasteiger partial charge in [-0.25, -0.2) is 0 Å². The molecule has 120 valence electrons. The predicted octanol–water partition coefficient (Wildman–Crippen LogP) is 5.25. The smallest absolute Gasteiger partial charge is 0.264 e. The maximum Gasteiger partial charge on any atom is 0.264 e. The molecule has 0 N–H and O–H groups in total. The molecule has 0 saturated heterocycles. The Kier molecular flexibility index (Phi) is 4.92. The summed E-state index contributed by atoms with van der Waals surface area (Å²) in [5, 5.41) is 0.444. The molecule has 24 heavy (non-hydrogen) atoms. The summed E-state index contributed by atoms with van der Waals surface area (Å²) in [6.07, 6.45) is 0. The van der Waals surface area contributed by atoms with Crippen molar-refractivity contribution in [3.05, 3.63) is 78.9 Å². The molecule has 0 heterocycles. The molecule has 0 spiro atoms. The second kappa shape index (κ2) is 7.28. The van der Waals surface area contributed by atoms with E-state index in [1.165, 1.54) is 0 Å². The van der Waals surface area contributed by atoms with Crippen LogP contribution >= 0.6 is 12.2 Å². The summed E-state index contributed by atoms with van der Waals surface area (Å²) < 4.78 is 5.86. The van der Waals surface area contributed by atoms with Crippen LogP contribution in [0, 0.1) is 0 Å². The van der Waals surface area contributed by atoms with Gasteiger partial charge in [-0.3, -0.25) is 0 Å². The topological polar surface area (TPSA) is 12.5 Å². The molecule has 2 nitrogen and oxygen atoms in total. The van der Waals surface area contributed by atoms with Crippen LogP contribution < -0.4 is 4.74 Å². The van der Waals surface area contributed by atoms with E-state index in [2.05, 4.69) is 30.3 Å². The van der Waals surface area contributed by atoms with Gasteiger partial charge in [-0.05, 0) is 52.7 Å². The second-order valence-corrected chi connectivity index (χ2v) is 6.09. The van der Waals surface area contributed by atoms with Crippen molar-refractivity contribution in [2.75, 3.05) is 14.1 Å². The average molecular weight is 333 g/mol. The Labute approximate surface area is 148 Å². The summed E-state index contributed by atoms with van der Waals surface area (Å²) in [5.41, 5.74) is 4.51. The zero-order valence-corrected chi connectivity index (χ0v) is 14.6. The third-order valence-corrected chi connectivity index (χ3v) is 4.14. The first-order valence-electron chi connectivity index (χ1n) is 7.78. The Morgan fingerprint density at radius 3 is 1.58 bits per heavy atom. The van der Waals surface area contributed by atoms with Gasteiger partial charge in [-0.2, -0.15) is 0 Å². The van der Waals surface area contributed by atoms with Crippen molar-refractivity contribution in [3.63, 3.8) is 0 Å². The molecule has 0 bridgehead atoms. The number of hydrogen-bond acceptors (Lipinski definition) is 2. The van der Waals surface area contributed by atoms with E-state index in [0.717, 1.165) is 28.0 Å². The van der Waals surface area contributed by atoms with Crippen LogP contribution in [-0.4, -0.2) is 24.2 Å². The zero-order valence-electron chi connectivity index (χ0n) is 13.8. The van der Waals surface area contributed by atoms with E-state index in [0.29, 0.717) is 5.17 Å². The molecule has 0 aliphatic heterocycles. The van der Waals surface area contributed by atoms with Gasteiger partial charge in [0.15, 0.2) is 0 Å². The lowest BCUT2D eigenvalue weighted by molar-refractivity contribution is 0.449. The van der Waals surface area contributed by atoms with Gasteiger partial charge in [-0.15, -0.1) is 0 Å². The van der Waals surface area contributed by atoms with Crippen molar-refractivity contribution in [1.29, 1.82) is 0 Å². The van der Waals surface area contributed by atoms with Crippen LogP contribution in [0.1, 0.15) is 0 Å². The summed E-state index contributed by atoms with van der Waals surface area (Å²) in [7, 11) is 3.75. The quantitative estimate of drug-likeness (QED) is 0.608. The molecule has 3 rings (SSSR count). The van der Waals surface area contributed by atoms with Gasteiger partial charge < -0.3 is 9.64 Å². The van der Waals surface area contributed by atoms with Crippen molar-refractivity contribution < 1.29 is 4.74 Å². The summed E-state index contributed by atoms with van der Waals surface area (Å²) in [6, 6.07) is 26.8. The largest absolute Gasteiger partial charge is 0.432 e. The third kappa shape index (κ3) is 3.81. The molecule has 3 aromatic carbocycles. The van der Waals surface area contributed by atoms with Crippen LogP contribution in [0.25, 0.3) is 22.3 Å². The normalized spacial score (nSPS) is 10.2. The first-order valence-corrected chi connectivity index (χ1v) is 8.19. The molecule has 0 aliphatic carbocycles. The SMILES string of the molecule is CN(C)C(=S)Oc1cc(-c2ccccc2)cc(-c2ccccc2)c1. The maximum atomic E-state index is 5.86. The van der Waals surface area contributed by atoms with Crippen molar-refractivity contribution in [3.8, 4) is 28.0 Å². The number of ether oxygens (including phenoxy) is 1. The molecule has 3 heteroatoms. The lowest BCUT2D eigenvalue weighted by atomic mass is 9.98. The molecule has 0 unspecified atom stereocenters. The molecule has 0 atom stereocenters. The van der Waals surface area contributed by atoms with Crippen LogP contribution in [-0.2, 0) is 0 Å². The molecule has 3 aromatic rings. The van der Waals surface area contributed by atoms with E-state index < -0.39 is 0 Å². The van der Waals surface area contributed by atoms with Crippen molar-refractivity contribution >= 4 is 17.4 Å². The number of thiocarbonyl (C=S) groups is 1. The standard InChI is InChI=1S/C21H19NOS/c1-22(2)21(24)23-20-14-18(16-9-5-3-6-10-16)13-19(15-20)17-11-7-4-8-12-17/h3-15H,1-2H3. The van der Waals surface area contributed by atoms with Crippen LogP contribution in [0.4, 0.5) is 0 Å². The van der Waals surface area contributed by atoms with Gasteiger partial charge in [-0.1, -0.05) is 60.7 Å².